The van der Waals surface area contributed by atoms with Crippen molar-refractivity contribution in [3.8, 4) is 11.5 Å². The van der Waals surface area contributed by atoms with Crippen LogP contribution < -0.4 is 14.4 Å². The first kappa shape index (κ1) is 19.9. The Kier molecular flexibility index (Phi) is 6.04. The van der Waals surface area contributed by atoms with Gasteiger partial charge >= 0.3 is 0 Å². The Labute approximate surface area is 165 Å². The summed E-state index contributed by atoms with van der Waals surface area (Å²) in [6.07, 6.45) is 1.72. The Morgan fingerprint density at radius 1 is 1.07 bits per heavy atom. The van der Waals surface area contributed by atoms with E-state index >= 15 is 0 Å². The van der Waals surface area contributed by atoms with E-state index in [1.54, 1.807) is 37.5 Å². The van der Waals surface area contributed by atoms with E-state index in [-0.39, 0.29) is 18.1 Å². The summed E-state index contributed by atoms with van der Waals surface area (Å²) in [5.41, 5.74) is 1.46. The van der Waals surface area contributed by atoms with Crippen LogP contribution in [-0.2, 0) is 21.1 Å². The molecular weight excluding hydrogens is 378 g/mol. The zero-order valence-electron chi connectivity index (χ0n) is 15.9. The van der Waals surface area contributed by atoms with Gasteiger partial charge in [0.05, 0.1) is 31.9 Å². The number of nitrogens with zero attached hydrogens (tertiary/aromatic N) is 1. The van der Waals surface area contributed by atoms with E-state index in [0.717, 1.165) is 11.3 Å². The molecule has 0 spiro atoms. The van der Waals surface area contributed by atoms with E-state index < -0.39 is 15.9 Å². The van der Waals surface area contributed by atoms with Gasteiger partial charge in [0.1, 0.15) is 11.5 Å². The van der Waals surface area contributed by atoms with Crippen LogP contribution in [0.1, 0.15) is 12.5 Å². The van der Waals surface area contributed by atoms with Gasteiger partial charge < -0.3 is 14.4 Å². The summed E-state index contributed by atoms with van der Waals surface area (Å²) in [6.45, 7) is 2.49. The van der Waals surface area contributed by atoms with Gasteiger partial charge in [0.2, 0.25) is 5.91 Å². The molecule has 3 rings (SSSR count). The highest BCUT2D eigenvalue weighted by Crippen LogP contribution is 2.26. The molecule has 0 saturated heterocycles. The van der Waals surface area contributed by atoms with Gasteiger partial charge in [0.15, 0.2) is 9.84 Å². The van der Waals surface area contributed by atoms with Crippen molar-refractivity contribution >= 4 is 21.4 Å². The van der Waals surface area contributed by atoms with Gasteiger partial charge in [-0.3, -0.25) is 4.79 Å². The summed E-state index contributed by atoms with van der Waals surface area (Å²) in [4.78, 5) is 14.6. The van der Waals surface area contributed by atoms with Gasteiger partial charge in [-0.15, -0.1) is 0 Å². The highest BCUT2D eigenvalue weighted by molar-refractivity contribution is 7.94. The average Bonchev–Trinajstić information content (AvgIpc) is 3.03. The average molecular weight is 401 g/mol. The lowest BCUT2D eigenvalue weighted by Crippen LogP contribution is -2.42. The number of anilines is 1. The Balaban J connectivity index is 1.85. The van der Waals surface area contributed by atoms with Gasteiger partial charge in [-0.05, 0) is 55.0 Å². The molecule has 7 heteroatoms. The molecule has 148 valence electrons. The number of amides is 1. The molecule has 2 aromatic rings. The van der Waals surface area contributed by atoms with Crippen molar-refractivity contribution in [3.63, 3.8) is 0 Å². The molecule has 0 aliphatic carbocycles. The normalized spacial score (nSPS) is 17.3. The number of hydrogen-bond donors (Lipinski definition) is 0. The fourth-order valence-electron chi connectivity index (χ4n) is 3.11. The molecule has 0 bridgehead atoms. The van der Waals surface area contributed by atoms with Crippen LogP contribution in [0.5, 0.6) is 11.5 Å². The number of methoxy groups -OCH3 is 1. The summed E-state index contributed by atoms with van der Waals surface area (Å²) >= 11 is 0. The van der Waals surface area contributed by atoms with Crippen molar-refractivity contribution in [2.45, 2.75) is 19.4 Å². The monoisotopic (exact) mass is 401 g/mol. The number of carbonyl (C=O) groups is 1. The van der Waals surface area contributed by atoms with Crippen molar-refractivity contribution in [3.05, 3.63) is 65.6 Å². The van der Waals surface area contributed by atoms with E-state index in [0.29, 0.717) is 18.0 Å². The molecule has 1 heterocycles. The molecule has 0 radical (unpaired) electrons. The van der Waals surface area contributed by atoms with Crippen molar-refractivity contribution in [1.82, 2.24) is 0 Å². The lowest BCUT2D eigenvalue weighted by Gasteiger charge is -2.28. The molecule has 1 aliphatic rings. The van der Waals surface area contributed by atoms with Gasteiger partial charge in [-0.2, -0.15) is 0 Å². The van der Waals surface area contributed by atoms with E-state index in [1.165, 1.54) is 10.3 Å². The molecule has 1 unspecified atom stereocenters. The predicted octanol–water partition coefficient (Wildman–Crippen LogP) is 2.98. The first-order valence-electron chi connectivity index (χ1n) is 9.00. The molecular formula is C21H23NO5S. The summed E-state index contributed by atoms with van der Waals surface area (Å²) < 4.78 is 34.4. The minimum Gasteiger partial charge on any atom is -0.497 e. The number of rotatable bonds is 7. The van der Waals surface area contributed by atoms with Crippen LogP contribution in [0, 0.1) is 0 Å². The topological polar surface area (TPSA) is 72.9 Å². The van der Waals surface area contributed by atoms with Gasteiger partial charge in [-0.25, -0.2) is 8.42 Å². The molecule has 0 fully saturated rings. The molecule has 1 amide bonds. The van der Waals surface area contributed by atoms with Crippen LogP contribution in [0.25, 0.3) is 0 Å². The Morgan fingerprint density at radius 3 is 2.25 bits per heavy atom. The standard InChI is InChI=1S/C21H23NO5S/c1-3-27-20-8-4-16(5-9-20)14-21(23)22(18-12-13-28(24,25)15-18)17-6-10-19(26-2)11-7-17/h4-13,18H,3,14-15H2,1-2H3. The lowest BCUT2D eigenvalue weighted by molar-refractivity contribution is -0.118. The highest BCUT2D eigenvalue weighted by Gasteiger charge is 2.31. The van der Waals surface area contributed by atoms with Crippen LogP contribution in [0.4, 0.5) is 5.69 Å². The summed E-state index contributed by atoms with van der Waals surface area (Å²) in [5, 5.41) is 1.18. The van der Waals surface area contributed by atoms with E-state index in [9.17, 15) is 13.2 Å². The zero-order valence-corrected chi connectivity index (χ0v) is 16.7. The predicted molar refractivity (Wildman–Crippen MR) is 109 cm³/mol. The Hall–Kier alpha value is -2.80. The molecule has 1 aliphatic heterocycles. The molecule has 0 saturated carbocycles. The van der Waals surface area contributed by atoms with Crippen LogP contribution in [0.3, 0.4) is 0 Å². The maximum Gasteiger partial charge on any atom is 0.231 e. The van der Waals surface area contributed by atoms with Crippen LogP contribution in [0.2, 0.25) is 0 Å². The summed E-state index contributed by atoms with van der Waals surface area (Å²) in [6, 6.07) is 13.8. The van der Waals surface area contributed by atoms with E-state index in [2.05, 4.69) is 0 Å². The quantitative estimate of drug-likeness (QED) is 0.713. The first-order chi connectivity index (χ1) is 13.4. The second kappa shape index (κ2) is 8.48. The number of ether oxygens (including phenoxy) is 2. The van der Waals surface area contributed by atoms with Crippen LogP contribution in [0.15, 0.2) is 60.0 Å². The second-order valence-electron chi connectivity index (χ2n) is 6.44. The summed E-state index contributed by atoms with van der Waals surface area (Å²) in [7, 11) is -1.73. The highest BCUT2D eigenvalue weighted by atomic mass is 32.2. The molecule has 6 nitrogen and oxygen atoms in total. The largest absolute Gasteiger partial charge is 0.497 e. The minimum atomic E-state index is -3.30. The van der Waals surface area contributed by atoms with Crippen LogP contribution in [-0.4, -0.2) is 39.8 Å². The second-order valence-corrected chi connectivity index (χ2v) is 8.37. The van der Waals surface area contributed by atoms with Gasteiger partial charge in [0.25, 0.3) is 0 Å². The fraction of sp³-hybridized carbons (Fsp3) is 0.286. The SMILES string of the molecule is CCOc1ccc(CC(=O)N(c2ccc(OC)cc2)C2C=CS(=O)(=O)C2)cc1. The third-order valence-electron chi connectivity index (χ3n) is 4.45. The summed E-state index contributed by atoms with van der Waals surface area (Å²) in [5.74, 6) is 1.11. The smallest absolute Gasteiger partial charge is 0.231 e. The maximum atomic E-state index is 13.1. The fourth-order valence-corrected chi connectivity index (χ4v) is 4.38. The van der Waals surface area contributed by atoms with E-state index in [1.807, 2.05) is 31.2 Å². The lowest BCUT2D eigenvalue weighted by atomic mass is 10.1. The van der Waals surface area contributed by atoms with Crippen molar-refractivity contribution in [2.24, 2.45) is 0 Å². The zero-order chi connectivity index (χ0) is 20.1. The van der Waals surface area contributed by atoms with Crippen molar-refractivity contribution in [1.29, 1.82) is 0 Å². The molecule has 2 aromatic carbocycles. The minimum absolute atomic E-state index is 0.117. The number of benzene rings is 2. The maximum absolute atomic E-state index is 13.1. The molecule has 28 heavy (non-hydrogen) atoms. The first-order valence-corrected chi connectivity index (χ1v) is 10.7. The molecule has 0 aromatic heterocycles. The number of hydrogen-bond acceptors (Lipinski definition) is 5. The van der Waals surface area contributed by atoms with E-state index in [4.69, 9.17) is 9.47 Å². The van der Waals surface area contributed by atoms with Gasteiger partial charge in [0, 0.05) is 11.1 Å². The Bertz CT molecular complexity index is 949. The molecule has 1 atom stereocenters. The Morgan fingerprint density at radius 2 is 1.71 bits per heavy atom. The third kappa shape index (κ3) is 4.72. The van der Waals surface area contributed by atoms with Crippen molar-refractivity contribution in [2.75, 3.05) is 24.4 Å². The van der Waals surface area contributed by atoms with Crippen LogP contribution >= 0.6 is 0 Å². The molecule has 0 N–H and O–H groups in total. The van der Waals surface area contributed by atoms with Gasteiger partial charge in [-0.1, -0.05) is 12.1 Å². The number of sulfone groups is 1. The third-order valence-corrected chi connectivity index (χ3v) is 5.83. The van der Waals surface area contributed by atoms with Crippen molar-refractivity contribution < 1.29 is 22.7 Å². The number of carbonyl (C=O) groups excluding carboxylic acids is 1.